The van der Waals surface area contributed by atoms with Crippen molar-refractivity contribution < 1.29 is 29.0 Å². The molecule has 1 aliphatic carbocycles. The van der Waals surface area contributed by atoms with Gasteiger partial charge in [0.25, 0.3) is 5.91 Å². The van der Waals surface area contributed by atoms with Gasteiger partial charge >= 0.3 is 0 Å². The zero-order valence-electron chi connectivity index (χ0n) is 30.3. The van der Waals surface area contributed by atoms with E-state index in [2.05, 4.69) is 93.4 Å². The molecule has 1 aromatic rings. The Kier molecular flexibility index (Phi) is 20.2. The first-order chi connectivity index (χ1) is 24.5. The fourth-order valence-corrected chi connectivity index (χ4v) is 9.55. The van der Waals surface area contributed by atoms with Crippen LogP contribution in [0, 0.1) is 5.92 Å². The van der Waals surface area contributed by atoms with Crippen molar-refractivity contribution in [3.05, 3.63) is 47.4 Å². The van der Waals surface area contributed by atoms with Crippen molar-refractivity contribution in [3.8, 4) is 5.75 Å². The van der Waals surface area contributed by atoms with Crippen molar-refractivity contribution in [2.75, 3.05) is 26.8 Å². The van der Waals surface area contributed by atoms with Crippen LogP contribution in [-0.2, 0) is 25.6 Å². The summed E-state index contributed by atoms with van der Waals surface area (Å²) in [5.41, 5.74) is 0.0722. The number of hydrogen-bond donors (Lipinski definition) is 3. The third kappa shape index (κ3) is 14.4. The van der Waals surface area contributed by atoms with E-state index in [4.69, 9.17) is 14.3 Å². The summed E-state index contributed by atoms with van der Waals surface area (Å²) in [4.78, 5) is 30.7. The first-order valence-electron chi connectivity index (χ1n) is 18.4. The van der Waals surface area contributed by atoms with Crippen LogP contribution < -0.4 is 15.4 Å². The Balaban J connectivity index is 1.25. The van der Waals surface area contributed by atoms with E-state index < -0.39 is 11.7 Å². The number of carbonyl (C=O) groups excluding carboxylic acids is 2. The lowest BCUT2D eigenvalue weighted by atomic mass is 9.87. The summed E-state index contributed by atoms with van der Waals surface area (Å²) >= 11 is 14.0. The topological polar surface area (TPSA) is 118 Å². The van der Waals surface area contributed by atoms with Gasteiger partial charge in [-0.05, 0) is 113 Å². The van der Waals surface area contributed by atoms with E-state index in [-0.39, 0.29) is 23.9 Å². The molecule has 0 fully saturated rings. The number of ether oxygens (including phenoxy) is 2. The number of aliphatic hydroxyl groups excluding tert-OH is 1. The first kappa shape index (κ1) is 44.0. The van der Waals surface area contributed by atoms with E-state index in [1.54, 1.807) is 6.08 Å². The molecular weight excluding hydrogens is 914 g/mol. The summed E-state index contributed by atoms with van der Waals surface area (Å²) in [7, 11) is 1.50. The smallest absolute Gasteiger partial charge is 0.269 e. The predicted octanol–water partition coefficient (Wildman–Crippen LogP) is 9.90. The minimum absolute atomic E-state index is 0.104. The third-order valence-electron chi connectivity index (χ3n) is 9.29. The Morgan fingerprint density at radius 2 is 1.61 bits per heavy atom. The molecule has 1 spiro atoms. The number of methoxy groups -OCH3 is 1. The Labute approximate surface area is 338 Å². The van der Waals surface area contributed by atoms with Gasteiger partial charge in [-0.3, -0.25) is 9.59 Å². The number of rotatable bonds is 24. The number of unbranched alkanes of at least 4 members (excludes halogenated alkanes) is 8. The maximum absolute atomic E-state index is 12.8. The highest BCUT2D eigenvalue weighted by Gasteiger charge is 2.50. The summed E-state index contributed by atoms with van der Waals surface area (Å²) in [5.74, 6) is 1.75. The molecule has 2 aliphatic rings. The van der Waals surface area contributed by atoms with Gasteiger partial charge in [0.15, 0.2) is 5.60 Å². The average molecular weight is 969 g/mol. The average Bonchev–Trinajstić information content (AvgIpc) is 3.52. The molecule has 0 unspecified atom stereocenters. The Morgan fingerprint density at radius 1 is 0.961 bits per heavy atom. The number of halogens is 4. The molecule has 0 aromatic heterocycles. The summed E-state index contributed by atoms with van der Waals surface area (Å²) < 4.78 is 13.9. The number of aliphatic hydroxyl groups is 1. The van der Waals surface area contributed by atoms with Crippen molar-refractivity contribution in [2.24, 2.45) is 11.1 Å². The van der Waals surface area contributed by atoms with Gasteiger partial charge in [0.05, 0.1) is 31.6 Å². The number of oxime groups is 1. The molecule has 0 saturated heterocycles. The van der Waals surface area contributed by atoms with Crippen molar-refractivity contribution in [2.45, 2.75) is 128 Å². The number of amides is 2. The number of nitrogens with one attached hydrogen (secondary N) is 2. The predicted molar refractivity (Wildman–Crippen MR) is 218 cm³/mol. The normalized spacial score (nSPS) is 19.0. The summed E-state index contributed by atoms with van der Waals surface area (Å²) in [5, 5.41) is 20.7. The fraction of sp³-hybridized carbons (Fsp3) is 0.658. The maximum Gasteiger partial charge on any atom is 0.269 e. The van der Waals surface area contributed by atoms with Crippen molar-refractivity contribution >= 4 is 81.2 Å². The van der Waals surface area contributed by atoms with E-state index in [1.165, 1.54) is 71.3 Å². The summed E-state index contributed by atoms with van der Waals surface area (Å²) in [6.07, 6.45) is 17.9. The van der Waals surface area contributed by atoms with Crippen molar-refractivity contribution in [1.82, 2.24) is 10.6 Å². The van der Waals surface area contributed by atoms with Gasteiger partial charge in [-0.15, -0.1) is 0 Å². The maximum atomic E-state index is 12.8. The van der Waals surface area contributed by atoms with E-state index >= 15 is 0 Å². The molecule has 3 N–H and O–H groups in total. The molecule has 3 atom stereocenters. The number of carbonyl (C=O) groups is 2. The molecule has 0 radical (unpaired) electrons. The zero-order chi connectivity index (χ0) is 37.2. The highest BCUT2D eigenvalue weighted by atomic mass is 79.9. The van der Waals surface area contributed by atoms with Crippen LogP contribution in [0.2, 0.25) is 0 Å². The van der Waals surface area contributed by atoms with Gasteiger partial charge in [0, 0.05) is 25.9 Å². The van der Waals surface area contributed by atoms with Crippen LogP contribution in [0.4, 0.5) is 0 Å². The van der Waals surface area contributed by atoms with Crippen LogP contribution in [0.25, 0.3) is 0 Å². The molecule has 0 bridgehead atoms. The molecule has 1 aromatic carbocycles. The minimum Gasteiger partial charge on any atom is -0.495 e. The van der Waals surface area contributed by atoms with Crippen LogP contribution >= 0.6 is 63.7 Å². The fourth-order valence-electron chi connectivity index (χ4n) is 6.25. The summed E-state index contributed by atoms with van der Waals surface area (Å²) in [6.45, 7) is 6.00. The van der Waals surface area contributed by atoms with Gasteiger partial charge in [-0.2, -0.15) is 0 Å². The molecule has 9 nitrogen and oxygen atoms in total. The highest BCUT2D eigenvalue weighted by molar-refractivity contribution is 9.12. The Morgan fingerprint density at radius 3 is 2.27 bits per heavy atom. The highest BCUT2D eigenvalue weighted by Crippen LogP contribution is 2.44. The van der Waals surface area contributed by atoms with Crippen LogP contribution in [0.3, 0.4) is 0 Å². The monoisotopic (exact) mass is 965 g/mol. The Hall–Kier alpha value is -1.41. The van der Waals surface area contributed by atoms with Gasteiger partial charge in [0.2, 0.25) is 5.91 Å². The van der Waals surface area contributed by atoms with Gasteiger partial charge in [0.1, 0.15) is 23.3 Å². The lowest BCUT2D eigenvalue weighted by molar-refractivity contribution is -0.121. The van der Waals surface area contributed by atoms with Crippen LogP contribution in [-0.4, -0.2) is 61.1 Å². The zero-order valence-corrected chi connectivity index (χ0v) is 36.6. The van der Waals surface area contributed by atoms with E-state index in [1.807, 2.05) is 12.1 Å². The largest absolute Gasteiger partial charge is 0.495 e. The van der Waals surface area contributed by atoms with Crippen molar-refractivity contribution in [3.63, 3.8) is 0 Å². The second kappa shape index (κ2) is 23.4. The van der Waals surface area contributed by atoms with E-state index in [0.29, 0.717) is 59.4 Å². The third-order valence-corrected chi connectivity index (χ3v) is 11.9. The molecule has 2 amide bonds. The number of benzene rings is 1. The van der Waals surface area contributed by atoms with Gasteiger partial charge in [-0.1, -0.05) is 89.6 Å². The van der Waals surface area contributed by atoms with Gasteiger partial charge < -0.3 is 30.1 Å². The molecule has 1 aliphatic heterocycles. The first-order valence-corrected chi connectivity index (χ1v) is 21.6. The van der Waals surface area contributed by atoms with Crippen LogP contribution in [0.15, 0.2) is 47.0 Å². The van der Waals surface area contributed by atoms with Crippen molar-refractivity contribution in [1.29, 1.82) is 0 Å². The number of allylic oxidation sites excluding steroid dienone is 1. The van der Waals surface area contributed by atoms with Crippen LogP contribution in [0.1, 0.15) is 116 Å². The second-order valence-electron chi connectivity index (χ2n) is 13.6. The Bertz CT molecular complexity index is 1360. The molecule has 286 valence electrons. The van der Waals surface area contributed by atoms with E-state index in [0.717, 1.165) is 33.3 Å². The molecule has 51 heavy (non-hydrogen) atoms. The summed E-state index contributed by atoms with van der Waals surface area (Å²) in [6, 6.07) is 4.01. The SMILES string of the molecule is CCCCCC[C@H](C)CCCCCCCCC(=O)NCCc1cc(Br)c(OCCCNC(=O)C2=NO[C@]3(C=C(Br)C(OC)=C(Br)[C@@H]3O)C2)c(Br)c1. The molecule has 0 saturated carbocycles. The lowest BCUT2D eigenvalue weighted by Gasteiger charge is -2.33. The van der Waals surface area contributed by atoms with Crippen LogP contribution in [0.5, 0.6) is 5.75 Å². The minimum atomic E-state index is -1.20. The number of nitrogens with zero attached hydrogens (tertiary/aromatic N) is 1. The van der Waals surface area contributed by atoms with Gasteiger partial charge in [-0.25, -0.2) is 0 Å². The van der Waals surface area contributed by atoms with E-state index in [9.17, 15) is 14.7 Å². The standard InChI is InChI=1S/C38H55Br4N3O6/c1-4-5-6-11-15-26(2)16-12-9-7-8-10-13-17-32(46)43-20-18-27-22-28(39)34(29(40)23-27)50-21-14-19-44-37(48)31-25-38(51-45-31)24-30(41)35(49-3)33(42)36(38)47/h22-24,26,36,47H,4-21,25H2,1-3H3,(H,43,46)(H,44,48)/t26-,36-,38+/m0/s1. The molecule has 1 heterocycles. The quantitative estimate of drug-likeness (QED) is 0.0889. The molecule has 13 heteroatoms. The second-order valence-corrected chi connectivity index (χ2v) is 17.0. The lowest BCUT2D eigenvalue weighted by Crippen LogP contribution is -2.45. The molecule has 3 rings (SSSR count). The number of hydrogen-bond acceptors (Lipinski definition) is 7. The molecular formula is C38H55Br4N3O6.